The monoisotopic (exact) mass is 186 g/mol. The third-order valence-corrected chi connectivity index (χ3v) is 2.51. The molecule has 2 unspecified atom stereocenters. The molecule has 0 aromatic heterocycles. The quantitative estimate of drug-likeness (QED) is 0.429. The number of ether oxygens (including phenoxy) is 2. The molecular weight excluding hydrogens is 164 g/mol. The molecule has 1 saturated heterocycles. The second kappa shape index (κ2) is 6.39. The lowest BCUT2D eigenvalue weighted by atomic mass is 10.2. The number of hydrogen-bond donors (Lipinski definition) is 0. The van der Waals surface area contributed by atoms with Gasteiger partial charge in [-0.05, 0) is 12.8 Å². The van der Waals surface area contributed by atoms with Crippen molar-refractivity contribution < 1.29 is 9.47 Å². The van der Waals surface area contributed by atoms with E-state index >= 15 is 0 Å². The SMILES string of the molecule is CCCCCCOC(CC)C1CO1. The van der Waals surface area contributed by atoms with Gasteiger partial charge in [-0.1, -0.05) is 33.1 Å². The van der Waals surface area contributed by atoms with Gasteiger partial charge in [0.05, 0.1) is 12.7 Å². The minimum Gasteiger partial charge on any atom is -0.375 e. The minimum absolute atomic E-state index is 0.363. The molecule has 78 valence electrons. The lowest BCUT2D eigenvalue weighted by Crippen LogP contribution is -2.19. The summed E-state index contributed by atoms with van der Waals surface area (Å²) >= 11 is 0. The van der Waals surface area contributed by atoms with E-state index in [9.17, 15) is 0 Å². The van der Waals surface area contributed by atoms with Crippen molar-refractivity contribution in [3.63, 3.8) is 0 Å². The fourth-order valence-electron chi connectivity index (χ4n) is 1.52. The first-order chi connectivity index (χ1) is 6.38. The zero-order chi connectivity index (χ0) is 9.52. The molecule has 2 atom stereocenters. The second-order valence-electron chi connectivity index (χ2n) is 3.75. The molecule has 1 rings (SSSR count). The zero-order valence-corrected chi connectivity index (χ0v) is 8.92. The molecule has 0 aliphatic carbocycles. The number of rotatable bonds is 8. The molecule has 0 aromatic carbocycles. The lowest BCUT2D eigenvalue weighted by Gasteiger charge is -2.12. The van der Waals surface area contributed by atoms with Gasteiger partial charge in [-0.3, -0.25) is 0 Å². The van der Waals surface area contributed by atoms with Crippen molar-refractivity contribution in [1.29, 1.82) is 0 Å². The Bertz CT molecular complexity index is 121. The highest BCUT2D eigenvalue weighted by Crippen LogP contribution is 2.19. The summed E-state index contributed by atoms with van der Waals surface area (Å²) in [6, 6.07) is 0. The maximum Gasteiger partial charge on any atom is 0.107 e. The van der Waals surface area contributed by atoms with Crippen LogP contribution in [-0.2, 0) is 9.47 Å². The van der Waals surface area contributed by atoms with Crippen LogP contribution in [0.3, 0.4) is 0 Å². The first kappa shape index (κ1) is 11.0. The summed E-state index contributed by atoms with van der Waals surface area (Å²) in [7, 11) is 0. The average molecular weight is 186 g/mol. The maximum absolute atomic E-state index is 5.74. The Morgan fingerprint density at radius 1 is 1.31 bits per heavy atom. The third kappa shape index (κ3) is 4.63. The van der Waals surface area contributed by atoms with Gasteiger partial charge < -0.3 is 9.47 Å². The third-order valence-electron chi connectivity index (χ3n) is 2.51. The van der Waals surface area contributed by atoms with Crippen molar-refractivity contribution in [2.24, 2.45) is 0 Å². The summed E-state index contributed by atoms with van der Waals surface area (Å²) in [4.78, 5) is 0. The van der Waals surface area contributed by atoms with Crippen molar-refractivity contribution >= 4 is 0 Å². The van der Waals surface area contributed by atoms with Crippen molar-refractivity contribution in [3.8, 4) is 0 Å². The molecule has 1 fully saturated rings. The summed E-state index contributed by atoms with van der Waals surface area (Å²) < 4.78 is 11.0. The van der Waals surface area contributed by atoms with Crippen molar-refractivity contribution in [2.75, 3.05) is 13.2 Å². The Morgan fingerprint density at radius 2 is 2.08 bits per heavy atom. The molecule has 0 spiro atoms. The number of hydrogen-bond acceptors (Lipinski definition) is 2. The summed E-state index contributed by atoms with van der Waals surface area (Å²) in [5, 5.41) is 0. The molecule has 0 bridgehead atoms. The van der Waals surface area contributed by atoms with Crippen LogP contribution in [-0.4, -0.2) is 25.4 Å². The van der Waals surface area contributed by atoms with Crippen LogP contribution in [0.5, 0.6) is 0 Å². The molecular formula is C11H22O2. The molecule has 0 aromatic rings. The highest BCUT2D eigenvalue weighted by molar-refractivity contribution is 4.78. The molecule has 2 heteroatoms. The Hall–Kier alpha value is -0.0800. The normalized spacial score (nSPS) is 23.1. The van der Waals surface area contributed by atoms with Crippen LogP contribution >= 0.6 is 0 Å². The predicted molar refractivity (Wildman–Crippen MR) is 53.9 cm³/mol. The van der Waals surface area contributed by atoms with Gasteiger partial charge in [0.2, 0.25) is 0 Å². The van der Waals surface area contributed by atoms with Crippen LogP contribution in [0.15, 0.2) is 0 Å². The van der Waals surface area contributed by atoms with E-state index in [1.54, 1.807) is 0 Å². The van der Waals surface area contributed by atoms with E-state index in [-0.39, 0.29) is 0 Å². The maximum atomic E-state index is 5.74. The summed E-state index contributed by atoms with van der Waals surface area (Å²) in [6.45, 7) is 6.22. The Labute approximate surface area is 81.6 Å². The first-order valence-corrected chi connectivity index (χ1v) is 5.61. The van der Waals surface area contributed by atoms with Gasteiger partial charge in [-0.15, -0.1) is 0 Å². The van der Waals surface area contributed by atoms with Gasteiger partial charge in [-0.2, -0.15) is 0 Å². The van der Waals surface area contributed by atoms with E-state index in [1.807, 2.05) is 0 Å². The van der Waals surface area contributed by atoms with Crippen LogP contribution < -0.4 is 0 Å². The van der Waals surface area contributed by atoms with Crippen LogP contribution in [0.1, 0.15) is 46.0 Å². The topological polar surface area (TPSA) is 21.8 Å². The van der Waals surface area contributed by atoms with Crippen molar-refractivity contribution in [2.45, 2.75) is 58.2 Å². The molecule has 0 amide bonds. The van der Waals surface area contributed by atoms with Gasteiger partial charge in [0, 0.05) is 6.61 Å². The first-order valence-electron chi connectivity index (χ1n) is 5.61. The van der Waals surface area contributed by atoms with Crippen LogP contribution in [0.25, 0.3) is 0 Å². The molecule has 0 saturated carbocycles. The van der Waals surface area contributed by atoms with E-state index in [0.717, 1.165) is 19.6 Å². The van der Waals surface area contributed by atoms with Crippen LogP contribution in [0.4, 0.5) is 0 Å². The van der Waals surface area contributed by atoms with Crippen LogP contribution in [0.2, 0.25) is 0 Å². The molecule has 1 aliphatic heterocycles. The second-order valence-corrected chi connectivity index (χ2v) is 3.75. The number of epoxide rings is 1. The summed E-state index contributed by atoms with van der Waals surface area (Å²) in [5.74, 6) is 0. The number of unbranched alkanes of at least 4 members (excludes halogenated alkanes) is 3. The highest BCUT2D eigenvalue weighted by Gasteiger charge is 2.31. The van der Waals surface area contributed by atoms with Gasteiger partial charge in [0.1, 0.15) is 6.10 Å². The predicted octanol–water partition coefficient (Wildman–Crippen LogP) is 2.76. The molecule has 13 heavy (non-hydrogen) atoms. The molecule has 0 N–H and O–H groups in total. The molecule has 2 nitrogen and oxygen atoms in total. The van der Waals surface area contributed by atoms with Gasteiger partial charge in [0.15, 0.2) is 0 Å². The van der Waals surface area contributed by atoms with Gasteiger partial charge >= 0.3 is 0 Å². The van der Waals surface area contributed by atoms with Gasteiger partial charge in [0.25, 0.3) is 0 Å². The van der Waals surface area contributed by atoms with Crippen molar-refractivity contribution in [3.05, 3.63) is 0 Å². The van der Waals surface area contributed by atoms with Gasteiger partial charge in [-0.25, -0.2) is 0 Å². The molecule has 0 radical (unpaired) electrons. The Morgan fingerprint density at radius 3 is 2.62 bits per heavy atom. The fourth-order valence-corrected chi connectivity index (χ4v) is 1.52. The Kier molecular flexibility index (Phi) is 5.40. The summed E-state index contributed by atoms with van der Waals surface area (Å²) in [5.41, 5.74) is 0. The van der Waals surface area contributed by atoms with E-state index in [1.165, 1.54) is 25.7 Å². The average Bonchev–Trinajstić information content (AvgIpc) is 2.95. The summed E-state index contributed by atoms with van der Waals surface area (Å²) in [6.07, 6.45) is 6.99. The Balaban J connectivity index is 1.90. The lowest BCUT2D eigenvalue weighted by molar-refractivity contribution is 0.0288. The smallest absolute Gasteiger partial charge is 0.107 e. The highest BCUT2D eigenvalue weighted by atomic mass is 16.6. The van der Waals surface area contributed by atoms with E-state index in [4.69, 9.17) is 9.47 Å². The van der Waals surface area contributed by atoms with E-state index in [0.29, 0.717) is 12.2 Å². The van der Waals surface area contributed by atoms with E-state index < -0.39 is 0 Å². The largest absolute Gasteiger partial charge is 0.375 e. The van der Waals surface area contributed by atoms with Crippen molar-refractivity contribution in [1.82, 2.24) is 0 Å². The minimum atomic E-state index is 0.363. The fraction of sp³-hybridized carbons (Fsp3) is 1.00. The standard InChI is InChI=1S/C11H22O2/c1-3-5-6-7-8-12-10(4-2)11-9-13-11/h10-11H,3-9H2,1-2H3. The molecule has 1 aliphatic rings. The zero-order valence-electron chi connectivity index (χ0n) is 8.92. The molecule has 1 heterocycles. The van der Waals surface area contributed by atoms with Crippen LogP contribution in [0, 0.1) is 0 Å². The van der Waals surface area contributed by atoms with E-state index in [2.05, 4.69) is 13.8 Å².